The van der Waals surface area contributed by atoms with Crippen LogP contribution in [-0.4, -0.2) is 23.8 Å². The molecule has 0 amide bonds. The van der Waals surface area contributed by atoms with Gasteiger partial charge in [0.2, 0.25) is 0 Å². The van der Waals surface area contributed by atoms with Gasteiger partial charge in [0.25, 0.3) is 0 Å². The summed E-state index contributed by atoms with van der Waals surface area (Å²) >= 11 is 0. The van der Waals surface area contributed by atoms with Gasteiger partial charge in [-0.25, -0.2) is 0 Å². The smallest absolute Gasteiger partial charge is 0.302 e. The average molecular weight is 357 g/mol. The molecule has 4 aliphatic rings. The number of fused-ring (bicyclic) bond motifs is 5. The number of aliphatic hydroxyl groups is 1. The lowest BCUT2D eigenvalue weighted by molar-refractivity contribution is -0.141. The molecule has 0 unspecified atom stereocenters. The van der Waals surface area contributed by atoms with Crippen LogP contribution in [0, 0.1) is 28.6 Å². The summed E-state index contributed by atoms with van der Waals surface area (Å²) in [4.78, 5) is 11.1. The second-order valence-electron chi connectivity index (χ2n) is 9.23. The molecule has 0 bridgehead atoms. The normalized spacial score (nSPS) is 43.7. The third-order valence-corrected chi connectivity index (χ3v) is 7.97. The first-order valence-corrected chi connectivity index (χ1v) is 10.2. The molecule has 0 aliphatic heterocycles. The summed E-state index contributed by atoms with van der Waals surface area (Å²) in [6, 6.07) is 0. The highest BCUT2D eigenvalue weighted by molar-refractivity contribution is 5.65. The van der Waals surface area contributed by atoms with Crippen LogP contribution in [0.15, 0.2) is 35.5 Å². The highest BCUT2D eigenvalue weighted by Crippen LogP contribution is 2.64. The van der Waals surface area contributed by atoms with Crippen LogP contribution in [-0.2, 0) is 9.53 Å². The van der Waals surface area contributed by atoms with E-state index in [-0.39, 0.29) is 22.9 Å². The maximum absolute atomic E-state index is 11.3. The van der Waals surface area contributed by atoms with Crippen molar-refractivity contribution < 1.29 is 14.6 Å². The first kappa shape index (κ1) is 18.0. The van der Waals surface area contributed by atoms with Gasteiger partial charge >= 0.3 is 5.97 Å². The van der Waals surface area contributed by atoms with Gasteiger partial charge in [0, 0.05) is 24.7 Å². The van der Waals surface area contributed by atoms with Crippen molar-refractivity contribution in [3.05, 3.63) is 35.5 Å². The van der Waals surface area contributed by atoms with Crippen LogP contribution >= 0.6 is 0 Å². The van der Waals surface area contributed by atoms with Gasteiger partial charge in [0.1, 0.15) is 0 Å². The number of hydrogen-bond acceptors (Lipinski definition) is 3. The molecule has 142 valence electrons. The number of allylic oxidation sites excluding steroid dienone is 5. The molecule has 2 saturated carbocycles. The molecule has 3 nitrogen and oxygen atoms in total. The molecule has 4 aliphatic carbocycles. The molecule has 6 atom stereocenters. The van der Waals surface area contributed by atoms with Crippen molar-refractivity contribution in [3.8, 4) is 0 Å². The van der Waals surface area contributed by atoms with Crippen molar-refractivity contribution >= 4 is 5.97 Å². The van der Waals surface area contributed by atoms with E-state index in [1.807, 2.05) is 0 Å². The minimum atomic E-state index is -0.270. The van der Waals surface area contributed by atoms with Crippen LogP contribution in [0.3, 0.4) is 0 Å². The molecule has 0 aromatic rings. The SMILES string of the molecule is CC(=O)OCCC1=CC[C@H]2[C@@H]3CCC4=CCC=C[C@]4(C)[C@H]3[C@@H](O)C[C@]12C. The first-order valence-electron chi connectivity index (χ1n) is 10.2. The van der Waals surface area contributed by atoms with Crippen molar-refractivity contribution in [1.82, 2.24) is 0 Å². The van der Waals surface area contributed by atoms with Crippen LogP contribution in [0.25, 0.3) is 0 Å². The van der Waals surface area contributed by atoms with Gasteiger partial charge in [-0.3, -0.25) is 4.79 Å². The second-order valence-corrected chi connectivity index (χ2v) is 9.23. The van der Waals surface area contributed by atoms with E-state index in [1.165, 1.54) is 25.3 Å². The van der Waals surface area contributed by atoms with Crippen molar-refractivity contribution in [2.24, 2.45) is 28.6 Å². The van der Waals surface area contributed by atoms with E-state index in [4.69, 9.17) is 4.74 Å². The maximum Gasteiger partial charge on any atom is 0.302 e. The third-order valence-electron chi connectivity index (χ3n) is 7.97. The molecule has 1 N–H and O–H groups in total. The van der Waals surface area contributed by atoms with Gasteiger partial charge in [-0.15, -0.1) is 0 Å². The zero-order valence-electron chi connectivity index (χ0n) is 16.3. The quantitative estimate of drug-likeness (QED) is 0.595. The Hall–Kier alpha value is -1.35. The van der Waals surface area contributed by atoms with Crippen LogP contribution in [0.1, 0.15) is 59.3 Å². The number of ether oxygens (including phenoxy) is 1. The minimum absolute atomic E-state index is 0.0302. The second kappa shape index (κ2) is 6.37. The Morgan fingerprint density at radius 2 is 2.15 bits per heavy atom. The number of aliphatic hydroxyl groups excluding tert-OH is 1. The van der Waals surface area contributed by atoms with E-state index < -0.39 is 0 Å². The number of carbonyl (C=O) groups is 1. The van der Waals surface area contributed by atoms with Gasteiger partial charge in [0.15, 0.2) is 0 Å². The fourth-order valence-electron chi connectivity index (χ4n) is 6.81. The molecule has 2 fully saturated rings. The van der Waals surface area contributed by atoms with E-state index in [9.17, 15) is 9.90 Å². The zero-order valence-corrected chi connectivity index (χ0v) is 16.3. The maximum atomic E-state index is 11.3. The summed E-state index contributed by atoms with van der Waals surface area (Å²) in [5.41, 5.74) is 3.02. The molecule has 0 aromatic heterocycles. The van der Waals surface area contributed by atoms with Crippen molar-refractivity contribution in [1.29, 1.82) is 0 Å². The molecule has 0 spiro atoms. The highest BCUT2D eigenvalue weighted by Gasteiger charge is 2.59. The Morgan fingerprint density at radius 1 is 1.35 bits per heavy atom. The monoisotopic (exact) mass is 356 g/mol. The predicted molar refractivity (Wildman–Crippen MR) is 102 cm³/mol. The highest BCUT2D eigenvalue weighted by atomic mass is 16.5. The van der Waals surface area contributed by atoms with Crippen LogP contribution in [0.4, 0.5) is 0 Å². The largest absolute Gasteiger partial charge is 0.466 e. The van der Waals surface area contributed by atoms with E-state index in [1.54, 1.807) is 5.57 Å². The molecule has 26 heavy (non-hydrogen) atoms. The van der Waals surface area contributed by atoms with Crippen molar-refractivity contribution in [2.75, 3.05) is 6.61 Å². The van der Waals surface area contributed by atoms with E-state index in [2.05, 4.69) is 38.2 Å². The third kappa shape index (κ3) is 2.62. The van der Waals surface area contributed by atoms with Gasteiger partial charge in [-0.1, -0.05) is 49.3 Å². The van der Waals surface area contributed by atoms with E-state index in [0.29, 0.717) is 24.4 Å². The van der Waals surface area contributed by atoms with Crippen LogP contribution < -0.4 is 0 Å². The van der Waals surface area contributed by atoms with Crippen LogP contribution in [0.5, 0.6) is 0 Å². The Labute approximate surface area is 157 Å². The van der Waals surface area contributed by atoms with Gasteiger partial charge < -0.3 is 9.84 Å². The van der Waals surface area contributed by atoms with Gasteiger partial charge in [-0.05, 0) is 49.4 Å². The molecule has 0 aromatic carbocycles. The Kier molecular flexibility index (Phi) is 4.42. The predicted octanol–water partition coefficient (Wildman–Crippen LogP) is 4.58. The number of hydrogen-bond donors (Lipinski definition) is 1. The molecule has 0 radical (unpaired) electrons. The average Bonchev–Trinajstić information content (AvgIpc) is 2.90. The van der Waals surface area contributed by atoms with Gasteiger partial charge in [0.05, 0.1) is 12.7 Å². The van der Waals surface area contributed by atoms with Crippen molar-refractivity contribution in [3.63, 3.8) is 0 Å². The Bertz CT molecular complexity index is 688. The summed E-state index contributed by atoms with van der Waals surface area (Å²) in [6.07, 6.45) is 15.3. The fourth-order valence-corrected chi connectivity index (χ4v) is 6.81. The minimum Gasteiger partial charge on any atom is -0.466 e. The molecular weight excluding hydrogens is 324 g/mol. The lowest BCUT2D eigenvalue weighted by Gasteiger charge is -2.58. The summed E-state index contributed by atoms with van der Waals surface area (Å²) < 4.78 is 5.19. The van der Waals surface area contributed by atoms with E-state index >= 15 is 0 Å². The van der Waals surface area contributed by atoms with E-state index in [0.717, 1.165) is 25.7 Å². The number of carbonyl (C=O) groups excluding carboxylic acids is 1. The number of rotatable bonds is 3. The standard InChI is InChI=1S/C23H32O3/c1-15(24)26-13-11-17-8-10-19-18-9-7-16-6-4-5-12-22(16,2)21(18)20(25)14-23(17,19)3/h5-6,8,12,18-21,25H,4,7,9-11,13-14H2,1-3H3/t18-,19-,20-,21+,22-,23+/m0/s1. The summed E-state index contributed by atoms with van der Waals surface area (Å²) in [5, 5.41) is 11.3. The summed E-state index contributed by atoms with van der Waals surface area (Å²) in [7, 11) is 0. The lowest BCUT2D eigenvalue weighted by atomic mass is 9.47. The molecule has 4 rings (SSSR count). The molecular formula is C23H32O3. The first-order chi connectivity index (χ1) is 12.4. The lowest BCUT2D eigenvalue weighted by Crippen LogP contribution is -2.55. The van der Waals surface area contributed by atoms with Gasteiger partial charge in [-0.2, -0.15) is 0 Å². The fraction of sp³-hybridized carbons (Fsp3) is 0.696. The zero-order chi connectivity index (χ0) is 18.5. The summed E-state index contributed by atoms with van der Waals surface area (Å²) in [5.74, 6) is 1.30. The molecule has 0 saturated heterocycles. The van der Waals surface area contributed by atoms with Crippen LogP contribution in [0.2, 0.25) is 0 Å². The number of esters is 1. The topological polar surface area (TPSA) is 46.5 Å². The Balaban J connectivity index is 1.58. The van der Waals surface area contributed by atoms with Crippen molar-refractivity contribution in [2.45, 2.75) is 65.4 Å². The molecule has 3 heteroatoms. The molecule has 0 heterocycles. The summed E-state index contributed by atoms with van der Waals surface area (Å²) in [6.45, 7) is 6.62. The Morgan fingerprint density at radius 3 is 2.92 bits per heavy atom.